The summed E-state index contributed by atoms with van der Waals surface area (Å²) in [7, 11) is 0. The van der Waals surface area contributed by atoms with Crippen molar-refractivity contribution in [3.63, 3.8) is 0 Å². The van der Waals surface area contributed by atoms with Crippen LogP contribution in [0.1, 0.15) is 12.0 Å². The van der Waals surface area contributed by atoms with Gasteiger partial charge in [-0.2, -0.15) is 0 Å². The Morgan fingerprint density at radius 2 is 0.650 bits per heavy atom. The quantitative estimate of drug-likeness (QED) is 0.115. The van der Waals surface area contributed by atoms with Crippen molar-refractivity contribution in [1.29, 1.82) is 0 Å². The van der Waals surface area contributed by atoms with E-state index in [1.807, 2.05) is 30.3 Å². The van der Waals surface area contributed by atoms with Gasteiger partial charge in [-0.25, -0.2) is 0 Å². The summed E-state index contributed by atoms with van der Waals surface area (Å²) in [5, 5.41) is 188. The first-order valence-electron chi connectivity index (χ1n) is 27.1. The molecule has 13 rings (SSSR count). The van der Waals surface area contributed by atoms with Gasteiger partial charge < -0.3 is 154 Å². The molecular formula is C49H79N3O28. The summed E-state index contributed by atoms with van der Waals surface area (Å²) in [6.45, 7) is -2.45. The molecule has 80 heavy (non-hydrogen) atoms. The van der Waals surface area contributed by atoms with Gasteiger partial charge in [0.15, 0.2) is 37.7 Å². The van der Waals surface area contributed by atoms with E-state index in [4.69, 9.17) is 56.8 Å². The van der Waals surface area contributed by atoms with Crippen molar-refractivity contribution in [3.8, 4) is 0 Å². The minimum absolute atomic E-state index is 0.203. The lowest BCUT2D eigenvalue weighted by Gasteiger charge is -2.51. The zero-order valence-electron chi connectivity index (χ0n) is 43.4. The third-order valence-electron chi connectivity index (χ3n) is 16.0. The van der Waals surface area contributed by atoms with Gasteiger partial charge in [-0.1, -0.05) is 30.3 Å². The number of hydrogen-bond acceptors (Lipinski definition) is 31. The molecule has 31 nitrogen and oxygen atoms in total. The van der Waals surface area contributed by atoms with E-state index in [2.05, 4.69) is 15.5 Å². The first-order valence-corrected chi connectivity index (χ1v) is 27.1. The number of aliphatic hydroxyl groups is 16. The molecule has 12 fully saturated rings. The molecule has 12 aliphatic heterocycles. The average molecular weight is 1160 g/mol. The minimum atomic E-state index is -2.10. The van der Waals surface area contributed by atoms with Crippen LogP contribution in [0.5, 0.6) is 0 Å². The average Bonchev–Trinajstić information content (AvgIpc) is 3.56. The lowest BCUT2D eigenvalue weighted by molar-refractivity contribution is -0.402. The molecule has 12 bridgehead atoms. The largest absolute Gasteiger partial charge is 0.394 e. The molecule has 30 atom stereocenters. The van der Waals surface area contributed by atoms with Gasteiger partial charge in [0.25, 0.3) is 0 Å². The number of nitrogens with zero attached hydrogens (tertiary/aromatic N) is 1. The standard InChI is InChI=1S/C49H79N3O28/c53-15-22-40-30(61)36(67)48(73-22)80-43-25(18-56)72-47(35(66)29(43)60)76-39-21-14-51-9-12-52(10-4-7-19-5-2-1-3-6-19)11-8-50-13-20-38(26(57)32(63)44(69-20)77-40)75-46-34(65)28(59)42(24(17-55)71-46)79-49-37(68)31(62)41(23(16-54)74-49)78-45(70-21)33(64)27(39)58/h1-3,5-6,20-51,53-68H,4,7-18H2/t20?,21?,22?,23?,24?,25?,26?,27?,28?,29?,30?,31?,32?,33?,34?,35?,36?,37?,38-,39-,40-,41-,42-,43-,44-,45-,46-,47-,48-,49-/m1/s1. The van der Waals surface area contributed by atoms with Crippen molar-refractivity contribution >= 4 is 0 Å². The third kappa shape index (κ3) is 13.5. The van der Waals surface area contributed by atoms with Gasteiger partial charge in [-0.15, -0.1) is 0 Å². The van der Waals surface area contributed by atoms with Crippen LogP contribution in [0.4, 0.5) is 0 Å². The van der Waals surface area contributed by atoms with Gasteiger partial charge >= 0.3 is 0 Å². The van der Waals surface area contributed by atoms with Crippen LogP contribution in [0.15, 0.2) is 30.3 Å². The fourth-order valence-corrected chi connectivity index (χ4v) is 11.4. The van der Waals surface area contributed by atoms with Crippen molar-refractivity contribution < 1.29 is 139 Å². The Labute approximate surface area is 458 Å². The molecule has 0 aliphatic carbocycles. The summed E-state index contributed by atoms with van der Waals surface area (Å²) in [5.41, 5.74) is 1.10. The van der Waals surface area contributed by atoms with Crippen LogP contribution in [0.2, 0.25) is 0 Å². The van der Waals surface area contributed by atoms with Crippen LogP contribution in [-0.2, 0) is 63.3 Å². The molecule has 0 aromatic heterocycles. The molecule has 0 radical (unpaired) electrons. The Kier molecular flexibility index (Phi) is 21.9. The number of hydrogen-bond donors (Lipinski definition) is 18. The van der Waals surface area contributed by atoms with Crippen LogP contribution in [0.25, 0.3) is 0 Å². The second-order valence-electron chi connectivity index (χ2n) is 21.3. The highest BCUT2D eigenvalue weighted by Crippen LogP contribution is 2.38. The summed E-state index contributed by atoms with van der Waals surface area (Å²) < 4.78 is 72.0. The number of aliphatic hydroxyl groups excluding tert-OH is 16. The van der Waals surface area contributed by atoms with Gasteiger partial charge in [-0.05, 0) is 24.9 Å². The Hall–Kier alpha value is -2.02. The molecule has 12 aliphatic rings. The van der Waals surface area contributed by atoms with E-state index in [0.29, 0.717) is 26.1 Å². The molecule has 0 amide bonds. The molecule has 1 aromatic rings. The summed E-state index contributed by atoms with van der Waals surface area (Å²) in [6.07, 6.45) is -54.6. The SMILES string of the molecule is OCC1O[C@@H]2O[C@@H]3C4CNCCN(CCCc5ccccc5)CCNCC5O[C@H](O[C@@H]6C(CO)O[C@H](O[C@H]1C(O)C2O)C(O)C6O)C(O)C(O)[C@@H]5O[C@H]1OC(CO)[C@@H](O[C@H]2OC(CO)[C@@H](O[C@@H](O4)C(O)C3O)C(O)C2O)C(O)C1O. The Morgan fingerprint density at radius 1 is 0.362 bits per heavy atom. The first kappa shape index (κ1) is 62.5. The highest BCUT2D eigenvalue weighted by molar-refractivity contribution is 5.14. The molecule has 12 saturated heterocycles. The molecule has 12 heterocycles. The number of nitrogens with one attached hydrogen (secondary N) is 2. The Bertz CT molecular complexity index is 1910. The van der Waals surface area contributed by atoms with Gasteiger partial charge in [0, 0.05) is 39.3 Å². The lowest BCUT2D eigenvalue weighted by atomic mass is 9.94. The summed E-state index contributed by atoms with van der Waals surface area (Å²) in [4.78, 5) is 2.10. The van der Waals surface area contributed by atoms with Crippen molar-refractivity contribution in [2.45, 2.75) is 197 Å². The molecule has 31 heteroatoms. The fourth-order valence-electron chi connectivity index (χ4n) is 11.4. The van der Waals surface area contributed by atoms with Crippen molar-refractivity contribution in [3.05, 3.63) is 35.9 Å². The molecule has 18 N–H and O–H groups in total. The monoisotopic (exact) mass is 1160 g/mol. The van der Waals surface area contributed by atoms with E-state index in [9.17, 15) is 81.7 Å². The van der Waals surface area contributed by atoms with E-state index < -0.39 is 211 Å². The van der Waals surface area contributed by atoms with E-state index in [1.165, 1.54) is 0 Å². The number of fused-ring (bicyclic) bond motifs is 4. The van der Waals surface area contributed by atoms with Crippen LogP contribution < -0.4 is 10.6 Å². The van der Waals surface area contributed by atoms with Crippen molar-refractivity contribution in [2.24, 2.45) is 0 Å². The molecule has 458 valence electrons. The second kappa shape index (κ2) is 28.0. The van der Waals surface area contributed by atoms with Crippen molar-refractivity contribution in [1.82, 2.24) is 15.5 Å². The van der Waals surface area contributed by atoms with E-state index in [1.54, 1.807) is 0 Å². The maximum atomic E-state index is 11.9. The van der Waals surface area contributed by atoms with Crippen LogP contribution in [-0.4, -0.2) is 343 Å². The van der Waals surface area contributed by atoms with Crippen molar-refractivity contribution in [2.75, 3.05) is 72.2 Å². The molecule has 1 aromatic carbocycles. The van der Waals surface area contributed by atoms with Crippen LogP contribution in [0, 0.1) is 0 Å². The minimum Gasteiger partial charge on any atom is -0.394 e. The summed E-state index contributed by atoms with van der Waals surface area (Å²) in [6, 6.07) is 9.78. The number of benzene rings is 1. The van der Waals surface area contributed by atoms with E-state index >= 15 is 0 Å². The Balaban J connectivity index is 1.09. The third-order valence-corrected chi connectivity index (χ3v) is 16.0. The second-order valence-corrected chi connectivity index (χ2v) is 21.3. The zero-order chi connectivity index (χ0) is 57.1. The maximum absolute atomic E-state index is 11.9. The summed E-state index contributed by atoms with van der Waals surface area (Å²) in [5.74, 6) is 0. The Morgan fingerprint density at radius 3 is 0.963 bits per heavy atom. The van der Waals surface area contributed by atoms with Gasteiger partial charge in [0.05, 0.1) is 26.4 Å². The first-order chi connectivity index (χ1) is 38.5. The predicted octanol–water partition coefficient (Wildman–Crippen LogP) is -10.9. The highest BCUT2D eigenvalue weighted by atomic mass is 16.8. The maximum Gasteiger partial charge on any atom is 0.187 e. The summed E-state index contributed by atoms with van der Waals surface area (Å²) >= 11 is 0. The van der Waals surface area contributed by atoms with Gasteiger partial charge in [-0.3, -0.25) is 0 Å². The normalized spacial score (nSPS) is 49.5. The fraction of sp³-hybridized carbons (Fsp3) is 0.878. The predicted molar refractivity (Wildman–Crippen MR) is 259 cm³/mol. The zero-order valence-corrected chi connectivity index (χ0v) is 43.4. The highest BCUT2D eigenvalue weighted by Gasteiger charge is 2.59. The number of aryl methyl sites for hydroxylation is 1. The number of rotatable bonds is 8. The van der Waals surface area contributed by atoms with Gasteiger partial charge in [0.2, 0.25) is 0 Å². The molecule has 0 spiro atoms. The van der Waals surface area contributed by atoms with Crippen LogP contribution >= 0.6 is 0 Å². The topological polar surface area (TPSA) is 462 Å². The molecule has 18 unspecified atom stereocenters. The van der Waals surface area contributed by atoms with Gasteiger partial charge in [0.1, 0.15) is 146 Å². The lowest BCUT2D eigenvalue weighted by Crippen LogP contribution is -2.69. The van der Waals surface area contributed by atoms with E-state index in [0.717, 1.165) is 12.0 Å². The molecular weight excluding hydrogens is 1080 g/mol. The smallest absolute Gasteiger partial charge is 0.187 e. The van der Waals surface area contributed by atoms with E-state index in [-0.39, 0.29) is 26.2 Å². The van der Waals surface area contributed by atoms with Crippen LogP contribution in [0.3, 0.4) is 0 Å². The number of ether oxygens (including phenoxy) is 12. The molecule has 0 saturated carbocycles.